The smallest absolute Gasteiger partial charge is 0.266 e. The first-order valence-corrected chi connectivity index (χ1v) is 5.41. The molecule has 1 rings (SSSR count). The molecule has 0 saturated heterocycles. The zero-order valence-corrected chi connectivity index (χ0v) is 10.7. The zero-order valence-electron chi connectivity index (χ0n) is 9.90. The van der Waals surface area contributed by atoms with Gasteiger partial charge in [-0.15, -0.1) is 5.11 Å². The lowest BCUT2D eigenvalue weighted by molar-refractivity contribution is -0.133. The van der Waals surface area contributed by atoms with Crippen molar-refractivity contribution in [2.24, 2.45) is 10.5 Å². The Morgan fingerprint density at radius 2 is 2.24 bits per heavy atom. The highest BCUT2D eigenvalue weighted by Crippen LogP contribution is 2.22. The normalized spacial score (nSPS) is 12.9. The summed E-state index contributed by atoms with van der Waals surface area (Å²) in [6, 6.07) is 3.02. The molecule has 1 N–H and O–H groups in total. The van der Waals surface area contributed by atoms with Crippen LogP contribution in [0, 0.1) is 10.9 Å². The molecule has 0 radical (unpaired) electrons. The Balaban J connectivity index is 2.84. The first kappa shape index (κ1) is 13.6. The van der Waals surface area contributed by atoms with Crippen LogP contribution in [0.1, 0.15) is 20.8 Å². The number of ketones is 1. The predicted molar refractivity (Wildman–Crippen MR) is 63.3 cm³/mol. The number of Topliss-reactive ketones (excluding diaryl/α,β-unsaturated/α-hetero) is 1. The number of halogens is 1. The van der Waals surface area contributed by atoms with Crippen molar-refractivity contribution < 1.29 is 9.53 Å². The van der Waals surface area contributed by atoms with Gasteiger partial charge in [0, 0.05) is 17.7 Å². The van der Waals surface area contributed by atoms with Gasteiger partial charge in [-0.1, -0.05) is 32.4 Å². The van der Waals surface area contributed by atoms with E-state index in [0.29, 0.717) is 5.75 Å². The van der Waals surface area contributed by atoms with Gasteiger partial charge in [0.25, 0.3) is 6.23 Å². The van der Waals surface area contributed by atoms with E-state index in [1.165, 1.54) is 12.3 Å². The molecule has 1 heterocycles. The van der Waals surface area contributed by atoms with Gasteiger partial charge in [-0.3, -0.25) is 4.79 Å². The Hall–Kier alpha value is -1.49. The fourth-order valence-corrected chi connectivity index (χ4v) is 1.26. The summed E-state index contributed by atoms with van der Waals surface area (Å²) in [5.41, 5.74) is 6.38. The lowest BCUT2D eigenvalue weighted by atomic mass is 9.90. The highest BCUT2D eigenvalue weighted by atomic mass is 35.5. The van der Waals surface area contributed by atoms with Crippen LogP contribution >= 0.6 is 11.6 Å². The van der Waals surface area contributed by atoms with Crippen molar-refractivity contribution in [1.82, 2.24) is 4.98 Å². The fourth-order valence-electron chi connectivity index (χ4n) is 1.10. The van der Waals surface area contributed by atoms with Crippen LogP contribution in [0.3, 0.4) is 0 Å². The standard InChI is InChI=1S/C11H14ClN3O2/c1-11(2,3)9(16)10(15-13)17-7-4-5-14-8(12)6-7/h4-6,10,13H,1-3H3. The van der Waals surface area contributed by atoms with Crippen LogP contribution in [0.4, 0.5) is 0 Å². The fraction of sp³-hybridized carbons (Fsp3) is 0.455. The molecule has 6 heteroatoms. The highest BCUT2D eigenvalue weighted by molar-refractivity contribution is 6.29. The van der Waals surface area contributed by atoms with Crippen LogP contribution in [0.15, 0.2) is 23.4 Å². The van der Waals surface area contributed by atoms with Gasteiger partial charge in [-0.2, -0.15) is 0 Å². The second-order valence-corrected chi connectivity index (χ2v) is 4.92. The molecule has 0 amide bonds. The molecule has 0 bridgehead atoms. The molecule has 17 heavy (non-hydrogen) atoms. The number of pyridine rings is 1. The van der Waals surface area contributed by atoms with Crippen LogP contribution in [0.5, 0.6) is 5.75 Å². The minimum atomic E-state index is -1.14. The highest BCUT2D eigenvalue weighted by Gasteiger charge is 2.31. The first-order valence-electron chi connectivity index (χ1n) is 5.03. The van der Waals surface area contributed by atoms with Gasteiger partial charge < -0.3 is 4.74 Å². The van der Waals surface area contributed by atoms with Crippen LogP contribution in [0.2, 0.25) is 5.15 Å². The van der Waals surface area contributed by atoms with Crippen molar-refractivity contribution in [2.45, 2.75) is 27.0 Å². The Bertz CT molecular complexity index is 429. The number of aromatic nitrogens is 1. The monoisotopic (exact) mass is 255 g/mol. The van der Waals surface area contributed by atoms with E-state index in [1.807, 2.05) is 0 Å². The van der Waals surface area contributed by atoms with E-state index in [1.54, 1.807) is 26.8 Å². The van der Waals surface area contributed by atoms with E-state index in [2.05, 4.69) is 10.1 Å². The minimum Gasteiger partial charge on any atom is -0.459 e. The maximum absolute atomic E-state index is 11.9. The molecular weight excluding hydrogens is 242 g/mol. The van der Waals surface area contributed by atoms with Crippen LogP contribution < -0.4 is 4.74 Å². The average molecular weight is 256 g/mol. The molecule has 0 aromatic carbocycles. The Kier molecular flexibility index (Phi) is 4.17. The van der Waals surface area contributed by atoms with E-state index >= 15 is 0 Å². The summed E-state index contributed by atoms with van der Waals surface area (Å²) in [6.07, 6.45) is 0.314. The summed E-state index contributed by atoms with van der Waals surface area (Å²) < 4.78 is 5.30. The molecule has 0 spiro atoms. The summed E-state index contributed by atoms with van der Waals surface area (Å²) in [5.74, 6) is 0.101. The summed E-state index contributed by atoms with van der Waals surface area (Å²) >= 11 is 5.69. The van der Waals surface area contributed by atoms with Gasteiger partial charge in [-0.25, -0.2) is 10.5 Å². The van der Waals surface area contributed by atoms with Gasteiger partial charge in [0.15, 0.2) is 0 Å². The molecule has 0 aliphatic carbocycles. The Morgan fingerprint density at radius 1 is 1.59 bits per heavy atom. The zero-order chi connectivity index (χ0) is 13.1. The predicted octanol–water partition coefficient (Wildman–Crippen LogP) is 3.09. The number of carbonyl (C=O) groups is 1. The van der Waals surface area contributed by atoms with Crippen molar-refractivity contribution in [3.8, 4) is 5.75 Å². The number of rotatable bonds is 4. The Morgan fingerprint density at radius 3 is 2.71 bits per heavy atom. The molecule has 1 atom stereocenters. The first-order chi connectivity index (χ1) is 7.84. The van der Waals surface area contributed by atoms with Crippen molar-refractivity contribution >= 4 is 17.4 Å². The largest absolute Gasteiger partial charge is 0.459 e. The van der Waals surface area contributed by atoms with Crippen molar-refractivity contribution in [2.75, 3.05) is 0 Å². The van der Waals surface area contributed by atoms with Crippen LogP contribution in [-0.4, -0.2) is 17.0 Å². The molecular formula is C11H14ClN3O2. The van der Waals surface area contributed by atoms with Gasteiger partial charge in [0.2, 0.25) is 5.78 Å². The summed E-state index contributed by atoms with van der Waals surface area (Å²) in [7, 11) is 0. The summed E-state index contributed by atoms with van der Waals surface area (Å²) in [4.78, 5) is 15.7. The van der Waals surface area contributed by atoms with Gasteiger partial charge in [-0.05, 0) is 6.07 Å². The van der Waals surface area contributed by atoms with Gasteiger partial charge >= 0.3 is 0 Å². The number of nitrogens with one attached hydrogen (secondary N) is 1. The molecule has 1 aromatic heterocycles. The van der Waals surface area contributed by atoms with E-state index in [-0.39, 0.29) is 10.9 Å². The molecule has 1 aromatic rings. The maximum atomic E-state index is 11.9. The van der Waals surface area contributed by atoms with E-state index < -0.39 is 11.6 Å². The molecule has 0 aliphatic heterocycles. The van der Waals surface area contributed by atoms with Crippen molar-refractivity contribution in [1.29, 1.82) is 5.53 Å². The molecule has 1 unspecified atom stereocenters. The second-order valence-electron chi connectivity index (χ2n) is 4.53. The van der Waals surface area contributed by atoms with Crippen molar-refractivity contribution in [3.63, 3.8) is 0 Å². The quantitative estimate of drug-likeness (QED) is 0.663. The molecule has 5 nitrogen and oxygen atoms in total. The third kappa shape index (κ3) is 3.78. The van der Waals surface area contributed by atoms with Gasteiger partial charge in [0.1, 0.15) is 10.9 Å². The third-order valence-corrected chi connectivity index (χ3v) is 2.23. The lowest BCUT2D eigenvalue weighted by Gasteiger charge is -2.21. The molecule has 0 saturated carbocycles. The summed E-state index contributed by atoms with van der Waals surface area (Å²) in [5, 5.41) is 3.45. The number of ether oxygens (including phenoxy) is 1. The Labute approximate surface area is 105 Å². The number of carbonyl (C=O) groups excluding carboxylic acids is 1. The lowest BCUT2D eigenvalue weighted by Crippen LogP contribution is -2.34. The van der Waals surface area contributed by atoms with Crippen LogP contribution in [0.25, 0.3) is 0 Å². The molecule has 92 valence electrons. The number of nitrogens with zero attached hydrogens (tertiary/aromatic N) is 2. The SMILES string of the molecule is CC(C)(C)C(=O)C(N=N)Oc1ccnc(Cl)c1. The molecule has 0 aliphatic rings. The number of hydrogen-bond acceptors (Lipinski definition) is 5. The van der Waals surface area contributed by atoms with E-state index in [0.717, 1.165) is 0 Å². The van der Waals surface area contributed by atoms with E-state index in [4.69, 9.17) is 21.9 Å². The van der Waals surface area contributed by atoms with Gasteiger partial charge in [0.05, 0.1) is 0 Å². The summed E-state index contributed by atoms with van der Waals surface area (Å²) in [6.45, 7) is 5.24. The number of hydrogen-bond donors (Lipinski definition) is 1. The third-order valence-electron chi connectivity index (χ3n) is 2.03. The van der Waals surface area contributed by atoms with Crippen molar-refractivity contribution in [3.05, 3.63) is 23.5 Å². The maximum Gasteiger partial charge on any atom is 0.266 e. The van der Waals surface area contributed by atoms with E-state index in [9.17, 15) is 4.79 Å². The minimum absolute atomic E-state index is 0.259. The van der Waals surface area contributed by atoms with Crippen LogP contribution in [-0.2, 0) is 4.79 Å². The second kappa shape index (κ2) is 5.23. The average Bonchev–Trinajstić information content (AvgIpc) is 2.24. The molecule has 0 fully saturated rings. The topological polar surface area (TPSA) is 75.4 Å².